The van der Waals surface area contributed by atoms with E-state index in [1.807, 2.05) is 26.0 Å². The number of amides is 2. The lowest BCUT2D eigenvalue weighted by Crippen LogP contribution is -2.32. The first-order valence-corrected chi connectivity index (χ1v) is 11.9. The zero-order valence-electron chi connectivity index (χ0n) is 20.2. The molecule has 0 fully saturated rings. The van der Waals surface area contributed by atoms with E-state index >= 15 is 0 Å². The number of carbonyl (C=O) groups is 2. The third-order valence-corrected chi connectivity index (χ3v) is 6.23. The Morgan fingerprint density at radius 1 is 1.00 bits per heavy atom. The molecule has 5 rings (SSSR count). The van der Waals surface area contributed by atoms with E-state index in [2.05, 4.69) is 33.4 Å². The molecule has 2 aromatic carbocycles. The molecule has 0 saturated carbocycles. The molecule has 0 aliphatic carbocycles. The van der Waals surface area contributed by atoms with Crippen LogP contribution in [0.15, 0.2) is 71.1 Å². The topological polar surface area (TPSA) is 114 Å². The number of hydrogen-bond acceptors (Lipinski definition) is 6. The molecule has 8 heteroatoms. The number of fused-ring (bicyclic) bond motifs is 1. The number of furan rings is 1. The van der Waals surface area contributed by atoms with E-state index in [-0.39, 0.29) is 17.6 Å². The molecular weight excluding hydrogens is 454 g/mol. The highest BCUT2D eigenvalue weighted by Gasteiger charge is 2.22. The summed E-state index contributed by atoms with van der Waals surface area (Å²) in [7, 11) is 0. The van der Waals surface area contributed by atoms with Gasteiger partial charge in [-0.15, -0.1) is 0 Å². The average Bonchev–Trinajstić information content (AvgIpc) is 3.39. The fourth-order valence-electron chi connectivity index (χ4n) is 4.24. The van der Waals surface area contributed by atoms with E-state index < -0.39 is 5.91 Å². The van der Waals surface area contributed by atoms with Gasteiger partial charge in [-0.25, -0.2) is 9.97 Å². The molecule has 8 nitrogen and oxygen atoms in total. The molecule has 2 aromatic heterocycles. The fourth-order valence-corrected chi connectivity index (χ4v) is 4.24. The van der Waals surface area contributed by atoms with Gasteiger partial charge < -0.3 is 20.4 Å². The van der Waals surface area contributed by atoms with E-state index in [1.54, 1.807) is 30.3 Å². The zero-order chi connectivity index (χ0) is 25.2. The van der Waals surface area contributed by atoms with Gasteiger partial charge in [-0.3, -0.25) is 9.59 Å². The van der Waals surface area contributed by atoms with E-state index in [9.17, 15) is 9.59 Å². The van der Waals surface area contributed by atoms with Gasteiger partial charge in [0.05, 0.1) is 0 Å². The summed E-state index contributed by atoms with van der Waals surface area (Å²) in [4.78, 5) is 36.2. The van der Waals surface area contributed by atoms with Gasteiger partial charge in [0.2, 0.25) is 5.95 Å². The minimum atomic E-state index is -0.636. The van der Waals surface area contributed by atoms with E-state index in [4.69, 9.17) is 15.1 Å². The normalized spacial score (nSPS) is 12.9. The van der Waals surface area contributed by atoms with Crippen LogP contribution in [0.4, 0.5) is 11.6 Å². The Kier molecular flexibility index (Phi) is 6.25. The quantitative estimate of drug-likeness (QED) is 0.410. The molecule has 1 aliphatic rings. The number of hydrogen-bond donors (Lipinski definition) is 2. The third kappa shape index (κ3) is 4.84. The maximum absolute atomic E-state index is 13.3. The van der Waals surface area contributed by atoms with Crippen LogP contribution in [-0.4, -0.2) is 28.3 Å². The van der Waals surface area contributed by atoms with Crippen molar-refractivity contribution < 1.29 is 14.0 Å². The summed E-state index contributed by atoms with van der Waals surface area (Å²) >= 11 is 0. The maximum Gasteiger partial charge on any atom is 0.284 e. The number of benzene rings is 2. The van der Waals surface area contributed by atoms with Crippen molar-refractivity contribution in [3.63, 3.8) is 0 Å². The molecule has 36 heavy (non-hydrogen) atoms. The molecule has 0 saturated heterocycles. The van der Waals surface area contributed by atoms with Gasteiger partial charge in [-0.1, -0.05) is 50.2 Å². The molecule has 0 unspecified atom stereocenters. The van der Waals surface area contributed by atoms with Crippen LogP contribution in [-0.2, 0) is 13.0 Å². The Bertz CT molecular complexity index is 1440. The summed E-state index contributed by atoms with van der Waals surface area (Å²) in [5, 5.41) is 2.93. The van der Waals surface area contributed by atoms with Crippen LogP contribution >= 0.6 is 0 Å². The Hall–Kier alpha value is -4.46. The van der Waals surface area contributed by atoms with Gasteiger partial charge in [0.25, 0.3) is 11.8 Å². The molecule has 1 aliphatic heterocycles. The van der Waals surface area contributed by atoms with Gasteiger partial charge in [0.1, 0.15) is 11.5 Å². The van der Waals surface area contributed by atoms with Crippen LogP contribution in [0, 0.1) is 0 Å². The van der Waals surface area contributed by atoms with E-state index in [1.165, 1.54) is 17.2 Å². The molecule has 3 N–H and O–H groups in total. The number of anilines is 2. The van der Waals surface area contributed by atoms with Crippen LogP contribution in [0.2, 0.25) is 0 Å². The lowest BCUT2D eigenvalue weighted by Gasteiger charge is -2.29. The van der Waals surface area contributed by atoms with Crippen LogP contribution in [0.3, 0.4) is 0 Å². The van der Waals surface area contributed by atoms with Gasteiger partial charge in [-0.05, 0) is 53.8 Å². The Labute approximate surface area is 209 Å². The summed E-state index contributed by atoms with van der Waals surface area (Å²) in [6.45, 7) is 5.59. The summed E-state index contributed by atoms with van der Waals surface area (Å²) in [6.07, 6.45) is 0.907. The first-order chi connectivity index (χ1) is 17.4. The van der Waals surface area contributed by atoms with Crippen LogP contribution in [0.1, 0.15) is 57.6 Å². The molecule has 2 amide bonds. The van der Waals surface area contributed by atoms with Gasteiger partial charge in [-0.2, -0.15) is 0 Å². The second kappa shape index (κ2) is 9.65. The van der Waals surface area contributed by atoms with Crippen molar-refractivity contribution in [2.75, 3.05) is 16.8 Å². The minimum Gasteiger partial charge on any atom is -0.451 e. The van der Waals surface area contributed by atoms with Crippen LogP contribution < -0.4 is 16.0 Å². The highest BCUT2D eigenvalue weighted by atomic mass is 16.3. The van der Waals surface area contributed by atoms with E-state index in [0.29, 0.717) is 35.2 Å². The Morgan fingerprint density at radius 3 is 2.56 bits per heavy atom. The summed E-state index contributed by atoms with van der Waals surface area (Å²) in [5.41, 5.74) is 10.3. The predicted molar refractivity (Wildman–Crippen MR) is 138 cm³/mol. The Balaban J connectivity index is 1.40. The molecular formula is C28H27N5O3. The SMILES string of the molecule is CC(C)c1cc(C(=O)Nc2cccc(-c3ccc(C(N)=O)o3)c2)nc(N2CCc3ccccc3C2)n1. The predicted octanol–water partition coefficient (Wildman–Crippen LogP) is 4.77. The van der Waals surface area contributed by atoms with Crippen molar-refractivity contribution in [1.29, 1.82) is 0 Å². The van der Waals surface area contributed by atoms with Crippen LogP contribution in [0.25, 0.3) is 11.3 Å². The molecule has 182 valence electrons. The van der Waals surface area contributed by atoms with Gasteiger partial charge >= 0.3 is 0 Å². The first kappa shape index (κ1) is 23.3. The molecule has 0 spiro atoms. The molecule has 4 aromatic rings. The minimum absolute atomic E-state index is 0.0782. The summed E-state index contributed by atoms with van der Waals surface area (Å²) < 4.78 is 5.51. The first-order valence-electron chi connectivity index (χ1n) is 11.9. The molecule has 0 bridgehead atoms. The summed E-state index contributed by atoms with van der Waals surface area (Å²) in [5.74, 6) is 0.295. The number of aromatic nitrogens is 2. The van der Waals surface area contributed by atoms with Crippen molar-refractivity contribution in [3.05, 3.63) is 95.0 Å². The lowest BCUT2D eigenvalue weighted by molar-refractivity contribution is 0.0973. The largest absolute Gasteiger partial charge is 0.451 e. The van der Waals surface area contributed by atoms with Crippen molar-refractivity contribution in [2.24, 2.45) is 5.73 Å². The molecule has 0 atom stereocenters. The average molecular weight is 482 g/mol. The third-order valence-electron chi connectivity index (χ3n) is 6.23. The number of carbonyl (C=O) groups excluding carboxylic acids is 2. The monoisotopic (exact) mass is 481 g/mol. The van der Waals surface area contributed by atoms with E-state index in [0.717, 1.165) is 18.7 Å². The fraction of sp³-hybridized carbons (Fsp3) is 0.214. The number of nitrogens with two attached hydrogens (primary N) is 1. The molecule has 3 heterocycles. The second-order valence-corrected chi connectivity index (χ2v) is 9.14. The summed E-state index contributed by atoms with van der Waals surface area (Å²) in [6, 6.07) is 20.5. The number of primary amides is 1. The highest BCUT2D eigenvalue weighted by Crippen LogP contribution is 2.27. The van der Waals surface area contributed by atoms with Crippen LogP contribution in [0.5, 0.6) is 0 Å². The van der Waals surface area contributed by atoms with Crippen molar-refractivity contribution in [2.45, 2.75) is 32.7 Å². The van der Waals surface area contributed by atoms with Crippen molar-refractivity contribution >= 4 is 23.5 Å². The lowest BCUT2D eigenvalue weighted by atomic mass is 10.0. The smallest absolute Gasteiger partial charge is 0.284 e. The maximum atomic E-state index is 13.3. The number of rotatable bonds is 6. The number of nitrogens with one attached hydrogen (secondary N) is 1. The molecule has 0 radical (unpaired) electrons. The second-order valence-electron chi connectivity index (χ2n) is 9.14. The Morgan fingerprint density at radius 2 is 1.81 bits per heavy atom. The van der Waals surface area contributed by atoms with Gasteiger partial charge in [0.15, 0.2) is 5.76 Å². The van der Waals surface area contributed by atoms with Crippen molar-refractivity contribution in [3.8, 4) is 11.3 Å². The number of nitrogens with zero attached hydrogens (tertiary/aromatic N) is 3. The zero-order valence-corrected chi connectivity index (χ0v) is 20.2. The van der Waals surface area contributed by atoms with Gasteiger partial charge in [0, 0.05) is 30.0 Å². The standard InChI is InChI=1S/C28H27N5O3/c1-17(2)22-15-23(32-28(31-22)33-13-12-18-6-3-4-7-20(18)16-33)27(35)30-21-9-5-8-19(14-21)24-10-11-25(36-24)26(29)34/h3-11,14-15,17H,12-13,16H2,1-2H3,(H2,29,34)(H,30,35). The van der Waals surface area contributed by atoms with Crippen molar-refractivity contribution in [1.82, 2.24) is 9.97 Å². The highest BCUT2D eigenvalue weighted by molar-refractivity contribution is 6.03.